The van der Waals surface area contributed by atoms with E-state index in [1.54, 1.807) is 17.9 Å². The Labute approximate surface area is 111 Å². The van der Waals surface area contributed by atoms with Gasteiger partial charge in [-0.05, 0) is 18.2 Å². The van der Waals surface area contributed by atoms with E-state index in [0.717, 1.165) is 17.1 Å². The zero-order chi connectivity index (χ0) is 13.1. The van der Waals surface area contributed by atoms with Crippen molar-refractivity contribution in [3.63, 3.8) is 0 Å². The summed E-state index contributed by atoms with van der Waals surface area (Å²) in [6.45, 7) is 0.371. The summed E-state index contributed by atoms with van der Waals surface area (Å²) < 4.78 is 6.98. The SMILES string of the molecule is COc1ccc(Cl)cc1Cc1nc(CN)n(C)n1. The minimum absolute atomic E-state index is 0.371. The highest BCUT2D eigenvalue weighted by atomic mass is 35.5. The fourth-order valence-electron chi connectivity index (χ4n) is 1.78. The summed E-state index contributed by atoms with van der Waals surface area (Å²) in [5.41, 5.74) is 6.53. The van der Waals surface area contributed by atoms with Gasteiger partial charge in [0.2, 0.25) is 0 Å². The van der Waals surface area contributed by atoms with Crippen LogP contribution in [0.4, 0.5) is 0 Å². The van der Waals surface area contributed by atoms with E-state index in [9.17, 15) is 0 Å². The molecule has 0 bridgehead atoms. The van der Waals surface area contributed by atoms with Crippen molar-refractivity contribution in [1.29, 1.82) is 0 Å². The van der Waals surface area contributed by atoms with Crippen molar-refractivity contribution in [3.8, 4) is 5.75 Å². The molecule has 5 nitrogen and oxygen atoms in total. The molecule has 18 heavy (non-hydrogen) atoms. The zero-order valence-corrected chi connectivity index (χ0v) is 11.1. The molecule has 0 radical (unpaired) electrons. The van der Waals surface area contributed by atoms with Crippen molar-refractivity contribution in [3.05, 3.63) is 40.4 Å². The number of methoxy groups -OCH3 is 1. The van der Waals surface area contributed by atoms with Gasteiger partial charge in [0.25, 0.3) is 0 Å². The van der Waals surface area contributed by atoms with E-state index in [1.807, 2.05) is 19.2 Å². The van der Waals surface area contributed by atoms with Gasteiger partial charge in [-0.15, -0.1) is 0 Å². The van der Waals surface area contributed by atoms with E-state index in [4.69, 9.17) is 22.1 Å². The molecular weight excluding hydrogens is 252 g/mol. The molecule has 1 aromatic carbocycles. The molecule has 0 atom stereocenters. The van der Waals surface area contributed by atoms with Crippen LogP contribution in [0.2, 0.25) is 5.02 Å². The second-order valence-electron chi connectivity index (χ2n) is 3.90. The summed E-state index contributed by atoms with van der Waals surface area (Å²) in [6, 6.07) is 5.49. The van der Waals surface area contributed by atoms with Crippen LogP contribution in [0.15, 0.2) is 18.2 Å². The Morgan fingerprint density at radius 3 is 2.83 bits per heavy atom. The van der Waals surface area contributed by atoms with Gasteiger partial charge in [-0.3, -0.25) is 4.68 Å². The third kappa shape index (κ3) is 2.63. The van der Waals surface area contributed by atoms with E-state index >= 15 is 0 Å². The number of aryl methyl sites for hydroxylation is 1. The molecule has 2 aromatic rings. The Bertz CT molecular complexity index is 553. The van der Waals surface area contributed by atoms with Crippen molar-refractivity contribution < 1.29 is 4.74 Å². The van der Waals surface area contributed by atoms with Gasteiger partial charge in [-0.25, -0.2) is 4.98 Å². The van der Waals surface area contributed by atoms with Gasteiger partial charge in [0.15, 0.2) is 5.82 Å². The number of hydrogen-bond donors (Lipinski definition) is 1. The Balaban J connectivity index is 2.29. The molecule has 0 aliphatic rings. The van der Waals surface area contributed by atoms with E-state index in [1.165, 1.54) is 0 Å². The first-order valence-electron chi connectivity index (χ1n) is 5.55. The maximum atomic E-state index is 5.98. The zero-order valence-electron chi connectivity index (χ0n) is 10.4. The highest BCUT2D eigenvalue weighted by Crippen LogP contribution is 2.24. The van der Waals surface area contributed by atoms with Crippen LogP contribution in [0.3, 0.4) is 0 Å². The van der Waals surface area contributed by atoms with Crippen LogP contribution in [0.25, 0.3) is 0 Å². The predicted octanol–water partition coefficient (Wildman–Crippen LogP) is 1.53. The Morgan fingerprint density at radius 1 is 1.44 bits per heavy atom. The van der Waals surface area contributed by atoms with Gasteiger partial charge in [0, 0.05) is 24.1 Å². The minimum Gasteiger partial charge on any atom is -0.496 e. The van der Waals surface area contributed by atoms with Gasteiger partial charge >= 0.3 is 0 Å². The fraction of sp³-hybridized carbons (Fsp3) is 0.333. The molecule has 2 N–H and O–H groups in total. The number of nitrogens with two attached hydrogens (primary N) is 1. The van der Waals surface area contributed by atoms with Crippen LogP contribution in [-0.4, -0.2) is 21.9 Å². The smallest absolute Gasteiger partial charge is 0.155 e. The van der Waals surface area contributed by atoms with E-state index in [-0.39, 0.29) is 0 Å². The molecule has 0 amide bonds. The highest BCUT2D eigenvalue weighted by Gasteiger charge is 2.10. The summed E-state index contributed by atoms with van der Waals surface area (Å²) >= 11 is 5.98. The normalized spacial score (nSPS) is 10.7. The van der Waals surface area contributed by atoms with Gasteiger partial charge in [0.1, 0.15) is 11.6 Å². The largest absolute Gasteiger partial charge is 0.496 e. The number of benzene rings is 1. The first kappa shape index (κ1) is 12.9. The van der Waals surface area contributed by atoms with Crippen LogP contribution in [-0.2, 0) is 20.0 Å². The monoisotopic (exact) mass is 266 g/mol. The molecule has 0 spiro atoms. The lowest BCUT2D eigenvalue weighted by Crippen LogP contribution is -2.05. The molecule has 0 saturated heterocycles. The Morgan fingerprint density at radius 2 is 2.22 bits per heavy atom. The maximum Gasteiger partial charge on any atom is 0.155 e. The van der Waals surface area contributed by atoms with Crippen molar-refractivity contribution in [2.75, 3.05) is 7.11 Å². The molecule has 6 heteroatoms. The molecule has 0 saturated carbocycles. The van der Waals surface area contributed by atoms with E-state index in [0.29, 0.717) is 23.8 Å². The molecule has 0 aliphatic carbocycles. The molecule has 0 aliphatic heterocycles. The van der Waals surface area contributed by atoms with Crippen LogP contribution >= 0.6 is 11.6 Å². The predicted molar refractivity (Wildman–Crippen MR) is 69.7 cm³/mol. The Kier molecular flexibility index (Phi) is 3.84. The molecule has 2 rings (SSSR count). The number of hydrogen-bond acceptors (Lipinski definition) is 4. The third-order valence-corrected chi connectivity index (χ3v) is 2.91. The maximum absolute atomic E-state index is 5.98. The summed E-state index contributed by atoms with van der Waals surface area (Å²) in [7, 11) is 3.46. The molecule has 1 heterocycles. The highest BCUT2D eigenvalue weighted by molar-refractivity contribution is 6.30. The second-order valence-corrected chi connectivity index (χ2v) is 4.34. The van der Waals surface area contributed by atoms with Crippen LogP contribution in [0.1, 0.15) is 17.2 Å². The average molecular weight is 267 g/mol. The standard InChI is InChI=1S/C12H15ClN4O/c1-17-12(7-14)15-11(16-17)6-8-5-9(13)3-4-10(8)18-2/h3-5H,6-7,14H2,1-2H3. The van der Waals surface area contributed by atoms with Gasteiger partial charge in [-0.1, -0.05) is 11.6 Å². The number of halogens is 1. The van der Waals surface area contributed by atoms with Crippen molar-refractivity contribution in [2.45, 2.75) is 13.0 Å². The van der Waals surface area contributed by atoms with Gasteiger partial charge in [-0.2, -0.15) is 5.10 Å². The lowest BCUT2D eigenvalue weighted by molar-refractivity contribution is 0.410. The van der Waals surface area contributed by atoms with Gasteiger partial charge < -0.3 is 10.5 Å². The van der Waals surface area contributed by atoms with Gasteiger partial charge in [0.05, 0.1) is 13.7 Å². The lowest BCUT2D eigenvalue weighted by atomic mass is 10.1. The number of rotatable bonds is 4. The van der Waals surface area contributed by atoms with Crippen LogP contribution in [0.5, 0.6) is 5.75 Å². The van der Waals surface area contributed by atoms with E-state index in [2.05, 4.69) is 10.1 Å². The number of nitrogens with zero attached hydrogens (tertiary/aromatic N) is 3. The lowest BCUT2D eigenvalue weighted by Gasteiger charge is -2.06. The van der Waals surface area contributed by atoms with Crippen LogP contribution in [0, 0.1) is 0 Å². The summed E-state index contributed by atoms with van der Waals surface area (Å²) in [5.74, 6) is 2.24. The summed E-state index contributed by atoms with van der Waals surface area (Å²) in [4.78, 5) is 4.36. The summed E-state index contributed by atoms with van der Waals surface area (Å²) in [6.07, 6.45) is 0.567. The quantitative estimate of drug-likeness (QED) is 0.911. The second kappa shape index (κ2) is 5.37. The topological polar surface area (TPSA) is 66.0 Å². The molecule has 96 valence electrons. The van der Waals surface area contributed by atoms with Crippen molar-refractivity contribution in [2.24, 2.45) is 12.8 Å². The number of aromatic nitrogens is 3. The van der Waals surface area contributed by atoms with Crippen molar-refractivity contribution in [1.82, 2.24) is 14.8 Å². The molecule has 0 unspecified atom stereocenters. The molecular formula is C12H15ClN4O. The Hall–Kier alpha value is -1.59. The van der Waals surface area contributed by atoms with Crippen LogP contribution < -0.4 is 10.5 Å². The number of ether oxygens (including phenoxy) is 1. The third-order valence-electron chi connectivity index (χ3n) is 2.67. The van der Waals surface area contributed by atoms with E-state index < -0.39 is 0 Å². The van der Waals surface area contributed by atoms with Crippen molar-refractivity contribution >= 4 is 11.6 Å². The average Bonchev–Trinajstić information content (AvgIpc) is 2.70. The molecule has 0 fully saturated rings. The first-order chi connectivity index (χ1) is 8.63. The molecule has 1 aromatic heterocycles. The minimum atomic E-state index is 0.371. The summed E-state index contributed by atoms with van der Waals surface area (Å²) in [5, 5.41) is 4.98. The first-order valence-corrected chi connectivity index (χ1v) is 5.93. The fourth-order valence-corrected chi connectivity index (χ4v) is 1.98.